The summed E-state index contributed by atoms with van der Waals surface area (Å²) in [7, 11) is 1.63. The van der Waals surface area contributed by atoms with Crippen LogP contribution in [0.5, 0.6) is 0 Å². The molecule has 0 unspecified atom stereocenters. The van der Waals surface area contributed by atoms with E-state index < -0.39 is 5.54 Å². The second-order valence-corrected chi connectivity index (χ2v) is 5.65. The normalized spacial score (nSPS) is 12.6. The summed E-state index contributed by atoms with van der Waals surface area (Å²) in [6.45, 7) is 5.53. The smallest absolute Gasteiger partial charge is 0.237 e. The number of amides is 1. The van der Waals surface area contributed by atoms with Crippen molar-refractivity contribution in [3.63, 3.8) is 0 Å². The molecule has 0 saturated carbocycles. The van der Waals surface area contributed by atoms with Gasteiger partial charge in [-0.25, -0.2) is 0 Å². The molecule has 1 atom stereocenters. The van der Waals surface area contributed by atoms with Crippen molar-refractivity contribution in [2.24, 2.45) is 0 Å². The molecule has 108 valence electrons. The molecule has 1 aromatic rings. The Hall–Kier alpha value is -1.57. The van der Waals surface area contributed by atoms with E-state index in [2.05, 4.69) is 11.4 Å². The summed E-state index contributed by atoms with van der Waals surface area (Å²) >= 11 is 6.11. The number of nitrogens with one attached hydrogen (secondary N) is 1. The summed E-state index contributed by atoms with van der Waals surface area (Å²) in [6.07, 6.45) is 0. The number of rotatable bonds is 5. The first kappa shape index (κ1) is 16.5. The monoisotopic (exact) mass is 293 g/mol. The second-order valence-electron chi connectivity index (χ2n) is 5.25. The van der Waals surface area contributed by atoms with E-state index in [9.17, 15) is 4.79 Å². The van der Waals surface area contributed by atoms with Crippen LogP contribution in [0.4, 0.5) is 0 Å². The minimum absolute atomic E-state index is 0.0359. The number of nitrogens with zero attached hydrogens (tertiary/aromatic N) is 2. The van der Waals surface area contributed by atoms with Crippen LogP contribution >= 0.6 is 11.6 Å². The molecular weight excluding hydrogens is 274 g/mol. The molecule has 1 rings (SSSR count). The molecule has 0 saturated heterocycles. The third-order valence-corrected chi connectivity index (χ3v) is 3.76. The molecule has 1 N–H and O–H groups in total. The van der Waals surface area contributed by atoms with Crippen molar-refractivity contribution < 1.29 is 4.79 Å². The summed E-state index contributed by atoms with van der Waals surface area (Å²) in [4.78, 5) is 13.5. The van der Waals surface area contributed by atoms with Gasteiger partial charge < -0.3 is 10.2 Å². The van der Waals surface area contributed by atoms with Crippen LogP contribution in [0.15, 0.2) is 24.3 Å². The molecule has 4 nitrogen and oxygen atoms in total. The van der Waals surface area contributed by atoms with E-state index in [4.69, 9.17) is 16.9 Å². The van der Waals surface area contributed by atoms with Crippen LogP contribution in [0.3, 0.4) is 0 Å². The summed E-state index contributed by atoms with van der Waals surface area (Å²) in [5.41, 5.74) is 0.135. The van der Waals surface area contributed by atoms with E-state index in [1.165, 1.54) is 4.90 Å². The third-order valence-electron chi connectivity index (χ3n) is 3.42. The predicted octanol–water partition coefficient (Wildman–Crippen LogP) is 2.75. The van der Waals surface area contributed by atoms with Crippen LogP contribution in [-0.2, 0) is 4.79 Å². The Morgan fingerprint density at radius 3 is 2.65 bits per heavy atom. The van der Waals surface area contributed by atoms with E-state index in [1.54, 1.807) is 20.9 Å². The van der Waals surface area contributed by atoms with Crippen LogP contribution in [0.2, 0.25) is 5.02 Å². The lowest BCUT2D eigenvalue weighted by atomic mass is 10.1. The zero-order valence-electron chi connectivity index (χ0n) is 12.3. The highest BCUT2D eigenvalue weighted by molar-refractivity contribution is 6.31. The molecule has 0 fully saturated rings. The highest BCUT2D eigenvalue weighted by Crippen LogP contribution is 2.22. The van der Waals surface area contributed by atoms with Crippen LogP contribution in [0, 0.1) is 11.3 Å². The van der Waals surface area contributed by atoms with Crippen molar-refractivity contribution in [2.45, 2.75) is 32.4 Å². The molecule has 0 radical (unpaired) electrons. The van der Waals surface area contributed by atoms with Crippen LogP contribution in [0.25, 0.3) is 0 Å². The van der Waals surface area contributed by atoms with Crippen molar-refractivity contribution in [1.29, 1.82) is 5.26 Å². The predicted molar refractivity (Wildman–Crippen MR) is 80.3 cm³/mol. The highest BCUT2D eigenvalue weighted by atomic mass is 35.5. The van der Waals surface area contributed by atoms with Crippen molar-refractivity contribution >= 4 is 17.5 Å². The number of halogens is 1. The molecular formula is C15H20ClN3O. The average Bonchev–Trinajstić information content (AvgIpc) is 2.44. The van der Waals surface area contributed by atoms with E-state index >= 15 is 0 Å². The van der Waals surface area contributed by atoms with Crippen molar-refractivity contribution in [2.75, 3.05) is 13.6 Å². The molecule has 0 heterocycles. The number of benzene rings is 1. The molecule has 1 aromatic carbocycles. The Balaban J connectivity index is 2.62. The Kier molecular flexibility index (Phi) is 5.55. The second kappa shape index (κ2) is 6.74. The molecule has 0 aliphatic heterocycles. The Bertz CT molecular complexity index is 522. The van der Waals surface area contributed by atoms with E-state index in [-0.39, 0.29) is 18.5 Å². The average molecular weight is 294 g/mol. The molecule has 0 aliphatic rings. The van der Waals surface area contributed by atoms with Gasteiger partial charge in [0, 0.05) is 18.1 Å². The lowest BCUT2D eigenvalue weighted by molar-refractivity contribution is -0.132. The molecule has 20 heavy (non-hydrogen) atoms. The first-order chi connectivity index (χ1) is 9.29. The first-order valence-electron chi connectivity index (χ1n) is 6.45. The SMILES string of the molecule is C[C@@H](NCC(=O)N(C)C(C)(C)C#N)c1ccccc1Cl. The number of likely N-dealkylation sites (N-methyl/N-ethyl adjacent to an activating group) is 1. The van der Waals surface area contributed by atoms with Crippen LogP contribution in [0.1, 0.15) is 32.4 Å². The maximum absolute atomic E-state index is 12.0. The van der Waals surface area contributed by atoms with Crippen molar-refractivity contribution in [1.82, 2.24) is 10.2 Å². The van der Waals surface area contributed by atoms with Crippen LogP contribution < -0.4 is 5.32 Å². The number of hydrogen-bond acceptors (Lipinski definition) is 3. The fourth-order valence-electron chi connectivity index (χ4n) is 1.68. The largest absolute Gasteiger partial charge is 0.326 e. The molecule has 0 aromatic heterocycles. The van der Waals surface area contributed by atoms with Crippen molar-refractivity contribution in [3.8, 4) is 6.07 Å². The van der Waals surface area contributed by atoms with Gasteiger partial charge in [-0.3, -0.25) is 4.79 Å². The topological polar surface area (TPSA) is 56.1 Å². The molecule has 0 bridgehead atoms. The van der Waals surface area contributed by atoms with Gasteiger partial charge in [-0.15, -0.1) is 0 Å². The lowest BCUT2D eigenvalue weighted by Crippen LogP contribution is -2.47. The fraction of sp³-hybridized carbons (Fsp3) is 0.467. The van der Waals surface area contributed by atoms with Gasteiger partial charge in [0.15, 0.2) is 0 Å². The maximum atomic E-state index is 12.0. The van der Waals surface area contributed by atoms with Gasteiger partial charge in [-0.05, 0) is 32.4 Å². The number of carbonyl (C=O) groups is 1. The summed E-state index contributed by atoms with van der Waals surface area (Å²) < 4.78 is 0. The quantitative estimate of drug-likeness (QED) is 0.908. The highest BCUT2D eigenvalue weighted by Gasteiger charge is 2.27. The van der Waals surface area contributed by atoms with Gasteiger partial charge in [0.05, 0.1) is 12.6 Å². The minimum atomic E-state index is -0.813. The van der Waals surface area contributed by atoms with Gasteiger partial charge in [0.1, 0.15) is 5.54 Å². The Morgan fingerprint density at radius 2 is 2.10 bits per heavy atom. The van der Waals surface area contributed by atoms with Gasteiger partial charge in [0.25, 0.3) is 0 Å². The number of nitriles is 1. The van der Waals surface area contributed by atoms with Gasteiger partial charge in [-0.1, -0.05) is 29.8 Å². The Morgan fingerprint density at radius 1 is 1.50 bits per heavy atom. The number of hydrogen-bond donors (Lipinski definition) is 1. The lowest BCUT2D eigenvalue weighted by Gasteiger charge is -2.29. The zero-order chi connectivity index (χ0) is 15.3. The minimum Gasteiger partial charge on any atom is -0.326 e. The van der Waals surface area contributed by atoms with Crippen molar-refractivity contribution in [3.05, 3.63) is 34.9 Å². The van der Waals surface area contributed by atoms with Gasteiger partial charge in [-0.2, -0.15) is 5.26 Å². The maximum Gasteiger partial charge on any atom is 0.237 e. The van der Waals surface area contributed by atoms with E-state index in [0.717, 1.165) is 5.56 Å². The summed E-state index contributed by atoms with van der Waals surface area (Å²) in [6, 6.07) is 9.59. The molecule has 0 aliphatic carbocycles. The Labute approximate surface area is 125 Å². The molecule has 0 spiro atoms. The van der Waals surface area contributed by atoms with Crippen LogP contribution in [-0.4, -0.2) is 29.9 Å². The number of carbonyl (C=O) groups excluding carboxylic acids is 1. The fourth-order valence-corrected chi connectivity index (χ4v) is 1.98. The molecule has 5 heteroatoms. The van der Waals surface area contributed by atoms with Gasteiger partial charge >= 0.3 is 0 Å². The zero-order valence-corrected chi connectivity index (χ0v) is 13.0. The summed E-state index contributed by atoms with van der Waals surface area (Å²) in [5.74, 6) is -0.129. The first-order valence-corrected chi connectivity index (χ1v) is 6.83. The third kappa shape index (κ3) is 3.96. The van der Waals surface area contributed by atoms with E-state index in [0.29, 0.717) is 5.02 Å². The standard InChI is InChI=1S/C15H20ClN3O/c1-11(12-7-5-6-8-13(12)16)18-9-14(20)19(4)15(2,3)10-17/h5-8,11,18H,9H2,1-4H3/t11-/m1/s1. The van der Waals surface area contributed by atoms with Gasteiger partial charge in [0.2, 0.25) is 5.91 Å². The van der Waals surface area contributed by atoms with E-state index in [1.807, 2.05) is 31.2 Å². The summed E-state index contributed by atoms with van der Waals surface area (Å²) in [5, 5.41) is 12.8. The molecule has 1 amide bonds.